The van der Waals surface area contributed by atoms with Gasteiger partial charge < -0.3 is 59.1 Å². The molecule has 2 saturated carbocycles. The Morgan fingerprint density at radius 1 is 1.04 bits per heavy atom. The van der Waals surface area contributed by atoms with Gasteiger partial charge in [-0.25, -0.2) is 14.4 Å². The average Bonchev–Trinajstić information content (AvgIpc) is 3.34. The molecule has 0 aromatic carbocycles. The van der Waals surface area contributed by atoms with E-state index in [0.29, 0.717) is 5.57 Å². The van der Waals surface area contributed by atoms with Gasteiger partial charge in [0, 0.05) is 23.3 Å². The first-order valence-electron chi connectivity index (χ1n) is 15.9. The molecule has 0 radical (unpaired) electrons. The third kappa shape index (κ3) is 4.57. The highest BCUT2D eigenvalue weighted by atomic mass is 16.7. The second-order valence-corrected chi connectivity index (χ2v) is 14.3. The molecular formula is C32H42O16. The molecule has 2 bridgehead atoms. The minimum absolute atomic E-state index is 0.0457. The van der Waals surface area contributed by atoms with Gasteiger partial charge in [0.2, 0.25) is 18.0 Å². The predicted octanol–water partition coefficient (Wildman–Crippen LogP) is -2.37. The molecule has 6 N–H and O–H groups in total. The maximum Gasteiger partial charge on any atom is 0.348 e. The number of esters is 3. The number of allylic oxidation sites excluding steroid dienone is 3. The highest BCUT2D eigenvalue weighted by Gasteiger charge is 2.85. The van der Waals surface area contributed by atoms with Crippen LogP contribution in [0, 0.1) is 34.5 Å². The van der Waals surface area contributed by atoms with E-state index in [1.54, 1.807) is 27.7 Å². The third-order valence-electron chi connectivity index (χ3n) is 11.6. The Balaban J connectivity index is 1.48. The molecule has 6 aliphatic rings. The molecule has 3 aliphatic carbocycles. The van der Waals surface area contributed by atoms with Crippen molar-refractivity contribution in [1.29, 1.82) is 0 Å². The smallest absolute Gasteiger partial charge is 0.348 e. The number of ketones is 1. The normalized spacial score (nSPS) is 49.1. The summed E-state index contributed by atoms with van der Waals surface area (Å²) < 4.78 is 34.1. The summed E-state index contributed by atoms with van der Waals surface area (Å²) in [5.41, 5.74) is -4.52. The highest BCUT2D eigenvalue weighted by molar-refractivity contribution is 5.97. The Morgan fingerprint density at radius 2 is 1.73 bits per heavy atom. The van der Waals surface area contributed by atoms with Crippen molar-refractivity contribution < 1.29 is 78.2 Å². The van der Waals surface area contributed by atoms with Crippen molar-refractivity contribution in [2.75, 3.05) is 20.3 Å². The summed E-state index contributed by atoms with van der Waals surface area (Å²) in [5.74, 6) is -7.86. The standard InChI is InChI=1S/C32H42O16/c1-11(2)6-17(34)48-23-25-31-10-44-32(25,29(42)43-5)26(40)22(39)24(31)30(4)8-14(18(35)12(3)13(30)7-16(31)47-27(23)41)45-28-21(38)20(37)19(36)15(9-33)46-28/h6,8,12-13,15-16,19-26,28,33,36-40H,7,9-10H2,1-5H3/t12-,13-,15+,16+,19+,20-,21+,22+,23+,24?,25?,26-,28+,30-,31+,32-/m0/s1. The predicted molar refractivity (Wildman–Crippen MR) is 155 cm³/mol. The SMILES string of the molecule is COC(=O)[C@@]12OC[C@]34C([C@@H](O)[C@@H]1O)[C@@]1(C)C=C(O[C@@H]5O[C@H](CO)[C@@H](O)[C@H](O)[C@H]5O)C(=O)[C@@H](C)[C@@H]1C[C@H]3OC(=O)[C@H](OC(=O)C=C(C)C)C42. The molecule has 3 saturated heterocycles. The van der Waals surface area contributed by atoms with Crippen LogP contribution in [0.25, 0.3) is 0 Å². The van der Waals surface area contributed by atoms with Crippen LogP contribution in [0.15, 0.2) is 23.5 Å². The summed E-state index contributed by atoms with van der Waals surface area (Å²) in [5, 5.41) is 64.6. The van der Waals surface area contributed by atoms with E-state index in [9.17, 15) is 49.8 Å². The van der Waals surface area contributed by atoms with Gasteiger partial charge in [-0.3, -0.25) is 4.79 Å². The minimum Gasteiger partial charge on any atom is -0.467 e. The van der Waals surface area contributed by atoms with E-state index in [-0.39, 0.29) is 18.8 Å². The molecule has 3 heterocycles. The molecule has 16 atom stereocenters. The van der Waals surface area contributed by atoms with E-state index in [2.05, 4.69) is 0 Å². The molecule has 1 spiro atoms. The van der Waals surface area contributed by atoms with E-state index in [4.69, 9.17) is 28.4 Å². The van der Waals surface area contributed by atoms with Crippen LogP contribution in [0.1, 0.15) is 34.1 Å². The molecule has 266 valence electrons. The van der Waals surface area contributed by atoms with E-state index in [1.165, 1.54) is 6.08 Å². The number of carbonyl (C=O) groups excluding carboxylic acids is 4. The number of aliphatic hydroxyl groups excluding tert-OH is 6. The van der Waals surface area contributed by atoms with E-state index >= 15 is 0 Å². The Morgan fingerprint density at radius 3 is 2.35 bits per heavy atom. The zero-order valence-corrected chi connectivity index (χ0v) is 27.0. The summed E-state index contributed by atoms with van der Waals surface area (Å²) in [6, 6.07) is 0. The molecule has 0 aromatic rings. The van der Waals surface area contributed by atoms with Crippen molar-refractivity contribution in [2.45, 2.75) is 94.8 Å². The van der Waals surface area contributed by atoms with Gasteiger partial charge in [-0.1, -0.05) is 19.4 Å². The Kier molecular flexibility index (Phi) is 8.60. The summed E-state index contributed by atoms with van der Waals surface area (Å²) >= 11 is 0. The number of carbonyl (C=O) groups is 4. The summed E-state index contributed by atoms with van der Waals surface area (Å²) in [6.45, 7) is 5.53. The van der Waals surface area contributed by atoms with Crippen LogP contribution in [0.3, 0.4) is 0 Å². The number of Topliss-reactive ketones (excluding diaryl/α,β-unsaturated/α-hetero) is 1. The van der Waals surface area contributed by atoms with Crippen molar-refractivity contribution >= 4 is 23.7 Å². The van der Waals surface area contributed by atoms with Crippen LogP contribution in [0.2, 0.25) is 0 Å². The first kappa shape index (κ1) is 34.9. The van der Waals surface area contributed by atoms with Crippen LogP contribution in [-0.2, 0) is 47.6 Å². The average molecular weight is 683 g/mol. The zero-order chi connectivity index (χ0) is 35.2. The lowest BCUT2D eigenvalue weighted by Crippen LogP contribution is -2.79. The van der Waals surface area contributed by atoms with Gasteiger partial charge in [-0.05, 0) is 37.7 Å². The summed E-state index contributed by atoms with van der Waals surface area (Å²) in [4.78, 5) is 53.9. The van der Waals surface area contributed by atoms with E-state index in [1.807, 2.05) is 0 Å². The number of fused-ring (bicyclic) bond motifs is 2. The first-order chi connectivity index (χ1) is 22.5. The molecule has 5 fully saturated rings. The first-order valence-corrected chi connectivity index (χ1v) is 15.9. The number of aliphatic hydroxyl groups is 6. The van der Waals surface area contributed by atoms with Crippen LogP contribution in [0.5, 0.6) is 0 Å². The van der Waals surface area contributed by atoms with Gasteiger partial charge in [0.05, 0.1) is 32.3 Å². The second-order valence-electron chi connectivity index (χ2n) is 14.3. The van der Waals surface area contributed by atoms with Gasteiger partial charge in [-0.2, -0.15) is 0 Å². The van der Waals surface area contributed by atoms with Crippen molar-refractivity contribution in [3.63, 3.8) is 0 Å². The topological polar surface area (TPSA) is 245 Å². The van der Waals surface area contributed by atoms with E-state index < -0.39 is 126 Å². The zero-order valence-electron chi connectivity index (χ0n) is 27.0. The second kappa shape index (κ2) is 11.8. The van der Waals surface area contributed by atoms with Gasteiger partial charge >= 0.3 is 17.9 Å². The number of ether oxygens (including phenoxy) is 6. The molecule has 6 rings (SSSR count). The highest BCUT2D eigenvalue weighted by Crippen LogP contribution is 2.72. The Hall–Kier alpha value is -2.96. The maximum atomic E-state index is 13.8. The van der Waals surface area contributed by atoms with Crippen LogP contribution in [-0.4, -0.2) is 135 Å². The van der Waals surface area contributed by atoms with Gasteiger partial charge in [0.1, 0.15) is 36.6 Å². The van der Waals surface area contributed by atoms with Gasteiger partial charge in [-0.15, -0.1) is 0 Å². The van der Waals surface area contributed by atoms with Crippen molar-refractivity contribution in [2.24, 2.45) is 34.5 Å². The fourth-order valence-corrected chi connectivity index (χ4v) is 9.57. The van der Waals surface area contributed by atoms with Crippen molar-refractivity contribution in [3.05, 3.63) is 23.5 Å². The Bertz CT molecular complexity index is 1440. The number of methoxy groups -OCH3 is 1. The lowest BCUT2D eigenvalue weighted by molar-refractivity contribution is -0.296. The molecule has 16 heteroatoms. The fraction of sp³-hybridized carbons (Fsp3) is 0.750. The number of hydrogen-bond donors (Lipinski definition) is 6. The maximum absolute atomic E-state index is 13.8. The third-order valence-corrected chi connectivity index (χ3v) is 11.6. The summed E-state index contributed by atoms with van der Waals surface area (Å²) in [6.07, 6.45) is -12.2. The molecular weight excluding hydrogens is 640 g/mol. The molecule has 2 unspecified atom stereocenters. The largest absolute Gasteiger partial charge is 0.467 e. The fourth-order valence-electron chi connectivity index (χ4n) is 9.57. The number of rotatable bonds is 6. The Labute approximate surface area is 275 Å². The van der Waals surface area contributed by atoms with Gasteiger partial charge in [0.15, 0.2) is 11.5 Å². The van der Waals surface area contributed by atoms with Gasteiger partial charge in [0.25, 0.3) is 0 Å². The molecule has 16 nitrogen and oxygen atoms in total. The molecule has 0 amide bonds. The number of hydrogen-bond acceptors (Lipinski definition) is 16. The molecule has 48 heavy (non-hydrogen) atoms. The minimum atomic E-state index is -2.34. The van der Waals surface area contributed by atoms with Crippen LogP contribution < -0.4 is 0 Å². The lowest BCUT2D eigenvalue weighted by atomic mass is 9.38. The van der Waals surface area contributed by atoms with Crippen LogP contribution >= 0.6 is 0 Å². The monoisotopic (exact) mass is 682 g/mol. The molecule has 3 aliphatic heterocycles. The van der Waals surface area contributed by atoms with Crippen molar-refractivity contribution in [3.8, 4) is 0 Å². The quantitative estimate of drug-likeness (QED) is 0.0974. The van der Waals surface area contributed by atoms with Crippen LogP contribution in [0.4, 0.5) is 0 Å². The van der Waals surface area contributed by atoms with Crippen molar-refractivity contribution in [1.82, 2.24) is 0 Å². The summed E-state index contributed by atoms with van der Waals surface area (Å²) in [7, 11) is 1.05. The molecule has 0 aromatic heterocycles. The lowest BCUT2D eigenvalue weighted by Gasteiger charge is -2.67. The van der Waals surface area contributed by atoms with E-state index in [0.717, 1.165) is 13.2 Å².